The molecule has 31 heavy (non-hydrogen) atoms. The van der Waals surface area contributed by atoms with Gasteiger partial charge in [0.2, 0.25) is 0 Å². The van der Waals surface area contributed by atoms with E-state index in [2.05, 4.69) is 12.1 Å². The molecule has 1 atom stereocenters. The van der Waals surface area contributed by atoms with Crippen molar-refractivity contribution in [1.82, 2.24) is 4.90 Å². The molecule has 0 fully saturated rings. The van der Waals surface area contributed by atoms with Crippen molar-refractivity contribution in [2.24, 2.45) is 0 Å². The maximum absolute atomic E-state index is 12.9. The molecular formula is C27H29NO3. The monoisotopic (exact) mass is 415 g/mol. The highest BCUT2D eigenvalue weighted by atomic mass is 16.6. The fourth-order valence-electron chi connectivity index (χ4n) is 3.36. The van der Waals surface area contributed by atoms with E-state index in [1.165, 1.54) is 4.90 Å². The topological polar surface area (TPSA) is 46.6 Å². The van der Waals surface area contributed by atoms with Crippen LogP contribution in [-0.4, -0.2) is 28.9 Å². The van der Waals surface area contributed by atoms with Gasteiger partial charge in [-0.15, -0.1) is 0 Å². The number of carbonyl (C=O) groups excluding carboxylic acids is 2. The summed E-state index contributed by atoms with van der Waals surface area (Å²) in [6.07, 6.45) is 0.761. The Balaban J connectivity index is 1.80. The molecule has 0 aliphatic heterocycles. The third-order valence-electron chi connectivity index (χ3n) is 4.89. The van der Waals surface area contributed by atoms with E-state index in [0.717, 1.165) is 28.5 Å². The molecule has 3 rings (SSSR count). The summed E-state index contributed by atoms with van der Waals surface area (Å²) in [5.74, 6) is 0. The average molecular weight is 416 g/mol. The molecule has 4 nitrogen and oxygen atoms in total. The van der Waals surface area contributed by atoms with Crippen LogP contribution in [0.4, 0.5) is 4.79 Å². The molecule has 0 aromatic heterocycles. The Kier molecular flexibility index (Phi) is 7.24. The van der Waals surface area contributed by atoms with E-state index in [9.17, 15) is 9.59 Å². The maximum Gasteiger partial charge on any atom is 0.411 e. The first-order valence-corrected chi connectivity index (χ1v) is 10.5. The lowest BCUT2D eigenvalue weighted by Crippen LogP contribution is -2.44. The number of hydrogen-bond acceptors (Lipinski definition) is 3. The first-order valence-electron chi connectivity index (χ1n) is 10.5. The van der Waals surface area contributed by atoms with E-state index >= 15 is 0 Å². The maximum atomic E-state index is 12.9. The van der Waals surface area contributed by atoms with E-state index in [-0.39, 0.29) is 0 Å². The predicted octanol–water partition coefficient (Wildman–Crippen LogP) is 5.90. The van der Waals surface area contributed by atoms with E-state index in [1.807, 2.05) is 93.6 Å². The minimum absolute atomic E-state index is 0.307. The van der Waals surface area contributed by atoms with Crippen molar-refractivity contribution in [3.05, 3.63) is 96.1 Å². The van der Waals surface area contributed by atoms with Crippen molar-refractivity contribution in [3.8, 4) is 11.1 Å². The van der Waals surface area contributed by atoms with Crippen LogP contribution in [-0.2, 0) is 22.5 Å². The minimum atomic E-state index is -0.642. The highest BCUT2D eigenvalue weighted by Crippen LogP contribution is 2.21. The number of nitrogens with zero attached hydrogens (tertiary/aromatic N) is 1. The standard InChI is InChI=1S/C27H29NO3/c1-27(2,3)31-26(30)28(19-22-10-6-4-7-11-22)25(20-29)18-21-14-16-24(17-15-21)23-12-8-5-9-13-23/h4-17,20,25H,18-19H2,1-3H3/t25-/m1/s1. The fourth-order valence-corrected chi connectivity index (χ4v) is 3.36. The summed E-state index contributed by atoms with van der Waals surface area (Å²) in [6, 6.07) is 27.2. The molecule has 3 aromatic carbocycles. The van der Waals surface area contributed by atoms with E-state index in [4.69, 9.17) is 4.74 Å². The molecule has 0 spiro atoms. The molecule has 0 heterocycles. The molecule has 0 aliphatic carbocycles. The van der Waals surface area contributed by atoms with Crippen molar-refractivity contribution in [2.45, 2.75) is 45.4 Å². The molecule has 0 bridgehead atoms. The van der Waals surface area contributed by atoms with Gasteiger partial charge in [-0.25, -0.2) is 4.79 Å². The Hall–Kier alpha value is -3.40. The van der Waals surface area contributed by atoms with Gasteiger partial charge in [0.05, 0.1) is 6.04 Å². The quantitative estimate of drug-likeness (QED) is 0.451. The number of aldehydes is 1. The SMILES string of the molecule is CC(C)(C)OC(=O)N(Cc1ccccc1)[C@@H](C=O)Cc1ccc(-c2ccccc2)cc1. The van der Waals surface area contributed by atoms with Crippen LogP contribution < -0.4 is 0 Å². The van der Waals surface area contributed by atoms with Gasteiger partial charge >= 0.3 is 6.09 Å². The molecule has 0 aliphatic rings. The van der Waals surface area contributed by atoms with Gasteiger partial charge in [0.1, 0.15) is 11.9 Å². The van der Waals surface area contributed by atoms with Gasteiger partial charge in [0.15, 0.2) is 0 Å². The van der Waals surface area contributed by atoms with E-state index < -0.39 is 17.7 Å². The van der Waals surface area contributed by atoms with Crippen LogP contribution in [0, 0.1) is 0 Å². The van der Waals surface area contributed by atoms with Gasteiger partial charge in [0, 0.05) is 6.54 Å². The van der Waals surface area contributed by atoms with E-state index in [1.54, 1.807) is 0 Å². The van der Waals surface area contributed by atoms with Crippen LogP contribution in [0.3, 0.4) is 0 Å². The summed E-state index contributed by atoms with van der Waals surface area (Å²) in [7, 11) is 0. The fraction of sp³-hybridized carbons (Fsp3) is 0.259. The first-order chi connectivity index (χ1) is 14.9. The number of rotatable bonds is 7. The van der Waals surface area contributed by atoms with Crippen molar-refractivity contribution in [1.29, 1.82) is 0 Å². The smallest absolute Gasteiger partial charge is 0.411 e. The normalized spacial score (nSPS) is 12.1. The molecule has 0 radical (unpaired) electrons. The molecule has 4 heteroatoms. The molecule has 160 valence electrons. The van der Waals surface area contributed by atoms with Crippen LogP contribution >= 0.6 is 0 Å². The molecule has 0 saturated heterocycles. The molecule has 1 amide bonds. The number of ether oxygens (including phenoxy) is 1. The van der Waals surface area contributed by atoms with Crippen LogP contribution in [0.25, 0.3) is 11.1 Å². The van der Waals surface area contributed by atoms with Crippen molar-refractivity contribution < 1.29 is 14.3 Å². The van der Waals surface area contributed by atoms with Crippen LogP contribution in [0.1, 0.15) is 31.9 Å². The van der Waals surface area contributed by atoms with Crippen molar-refractivity contribution in [2.75, 3.05) is 0 Å². The largest absolute Gasteiger partial charge is 0.444 e. The summed E-state index contributed by atoms with van der Waals surface area (Å²) in [6.45, 7) is 5.78. The molecule has 0 saturated carbocycles. The second-order valence-electron chi connectivity index (χ2n) is 8.56. The Morgan fingerprint density at radius 3 is 1.94 bits per heavy atom. The van der Waals surface area contributed by atoms with Gasteiger partial charge in [-0.3, -0.25) is 4.90 Å². The average Bonchev–Trinajstić information content (AvgIpc) is 2.76. The Morgan fingerprint density at radius 1 is 0.839 bits per heavy atom. The number of amides is 1. The number of hydrogen-bond donors (Lipinski definition) is 0. The summed E-state index contributed by atoms with van der Waals surface area (Å²) in [4.78, 5) is 26.5. The molecule has 0 N–H and O–H groups in total. The van der Waals surface area contributed by atoms with E-state index in [0.29, 0.717) is 13.0 Å². The number of benzene rings is 3. The summed E-state index contributed by atoms with van der Waals surface area (Å²) < 4.78 is 5.60. The lowest BCUT2D eigenvalue weighted by Gasteiger charge is -2.31. The second kappa shape index (κ2) is 10.1. The number of carbonyl (C=O) groups is 2. The van der Waals surface area contributed by atoms with Crippen LogP contribution in [0.2, 0.25) is 0 Å². The van der Waals surface area contributed by atoms with Gasteiger partial charge < -0.3 is 9.53 Å². The van der Waals surface area contributed by atoms with Gasteiger partial charge in [-0.2, -0.15) is 0 Å². The van der Waals surface area contributed by atoms with Crippen molar-refractivity contribution >= 4 is 12.4 Å². The second-order valence-corrected chi connectivity index (χ2v) is 8.56. The third-order valence-corrected chi connectivity index (χ3v) is 4.89. The zero-order valence-electron chi connectivity index (χ0n) is 18.3. The summed E-state index contributed by atoms with van der Waals surface area (Å²) in [5, 5.41) is 0. The highest BCUT2D eigenvalue weighted by Gasteiger charge is 2.28. The molecule has 3 aromatic rings. The van der Waals surface area contributed by atoms with Gasteiger partial charge in [0.25, 0.3) is 0 Å². The molecular weight excluding hydrogens is 386 g/mol. The zero-order chi connectivity index (χ0) is 22.3. The Labute approximate surface area is 184 Å². The summed E-state index contributed by atoms with van der Waals surface area (Å²) >= 11 is 0. The Bertz CT molecular complexity index is 976. The zero-order valence-corrected chi connectivity index (χ0v) is 18.3. The molecule has 0 unspecified atom stereocenters. The first kappa shape index (κ1) is 22.3. The lowest BCUT2D eigenvalue weighted by atomic mass is 10.0. The van der Waals surface area contributed by atoms with Gasteiger partial charge in [-0.05, 0) is 49.4 Å². The Morgan fingerprint density at radius 2 is 1.39 bits per heavy atom. The predicted molar refractivity (Wildman–Crippen MR) is 124 cm³/mol. The van der Waals surface area contributed by atoms with Crippen LogP contribution in [0.5, 0.6) is 0 Å². The van der Waals surface area contributed by atoms with Gasteiger partial charge in [-0.1, -0.05) is 84.9 Å². The minimum Gasteiger partial charge on any atom is -0.444 e. The summed E-state index contributed by atoms with van der Waals surface area (Å²) in [5.41, 5.74) is 3.54. The van der Waals surface area contributed by atoms with Crippen LogP contribution in [0.15, 0.2) is 84.9 Å². The third kappa shape index (κ3) is 6.54. The highest BCUT2D eigenvalue weighted by molar-refractivity contribution is 5.74. The van der Waals surface area contributed by atoms with Crippen molar-refractivity contribution in [3.63, 3.8) is 0 Å². The lowest BCUT2D eigenvalue weighted by molar-refractivity contribution is -0.112.